The topological polar surface area (TPSA) is 122 Å². The Morgan fingerprint density at radius 3 is 2.30 bits per heavy atom. The summed E-state index contributed by atoms with van der Waals surface area (Å²) in [5, 5.41) is 12.5. The lowest BCUT2D eigenvalue weighted by atomic mass is 10.2. The standard InChI is InChI=1S/C19H20Cl2N2O6S/c1-11-3-5-13(6-4-11)22-17(25)10-29-19(26)18(12(2)24)23-30(27,28)14-7-8-15(20)16(21)9-14/h3-9,12,18,23-24H,10H2,1-2H3,(H,22,25). The number of sulfonamides is 1. The van der Waals surface area contributed by atoms with Crippen molar-refractivity contribution in [1.82, 2.24) is 4.72 Å². The first-order valence-electron chi connectivity index (χ1n) is 8.68. The molecule has 0 heterocycles. The molecule has 2 aromatic rings. The molecule has 0 radical (unpaired) electrons. The first-order valence-corrected chi connectivity index (χ1v) is 10.9. The van der Waals surface area contributed by atoms with E-state index in [-0.39, 0.29) is 14.9 Å². The average molecular weight is 475 g/mol. The van der Waals surface area contributed by atoms with Crippen LogP contribution in [0.25, 0.3) is 0 Å². The summed E-state index contributed by atoms with van der Waals surface area (Å²) in [5.41, 5.74) is 1.52. The molecule has 0 aliphatic heterocycles. The maximum absolute atomic E-state index is 12.5. The van der Waals surface area contributed by atoms with Crippen molar-refractivity contribution in [3.8, 4) is 0 Å². The van der Waals surface area contributed by atoms with Crippen LogP contribution in [0.3, 0.4) is 0 Å². The zero-order valence-corrected chi connectivity index (χ0v) is 18.4. The predicted molar refractivity (Wildman–Crippen MR) is 113 cm³/mol. The summed E-state index contributed by atoms with van der Waals surface area (Å²) < 4.78 is 31.9. The van der Waals surface area contributed by atoms with E-state index in [1.165, 1.54) is 19.1 Å². The lowest BCUT2D eigenvalue weighted by Crippen LogP contribution is -2.48. The molecule has 8 nitrogen and oxygen atoms in total. The third kappa shape index (κ3) is 6.68. The molecule has 0 aromatic heterocycles. The van der Waals surface area contributed by atoms with Gasteiger partial charge < -0.3 is 15.2 Å². The number of hydrogen-bond acceptors (Lipinski definition) is 6. The van der Waals surface area contributed by atoms with Gasteiger partial charge in [0.25, 0.3) is 5.91 Å². The molecule has 2 unspecified atom stereocenters. The molecule has 1 amide bonds. The van der Waals surface area contributed by atoms with E-state index >= 15 is 0 Å². The molecular formula is C19H20Cl2N2O6S. The van der Waals surface area contributed by atoms with Gasteiger partial charge in [-0.3, -0.25) is 9.59 Å². The van der Waals surface area contributed by atoms with Crippen LogP contribution < -0.4 is 10.0 Å². The molecule has 0 saturated carbocycles. The molecule has 2 atom stereocenters. The number of hydrogen-bond donors (Lipinski definition) is 3. The van der Waals surface area contributed by atoms with Crippen LogP contribution in [0.2, 0.25) is 10.0 Å². The van der Waals surface area contributed by atoms with E-state index in [2.05, 4.69) is 5.32 Å². The first kappa shape index (κ1) is 24.1. The van der Waals surface area contributed by atoms with Gasteiger partial charge in [-0.05, 0) is 44.2 Å². The number of benzene rings is 2. The van der Waals surface area contributed by atoms with E-state index in [4.69, 9.17) is 27.9 Å². The minimum absolute atomic E-state index is 0.00323. The van der Waals surface area contributed by atoms with Crippen molar-refractivity contribution < 1.29 is 27.9 Å². The Kier molecular flexibility index (Phi) is 8.22. The minimum Gasteiger partial charge on any atom is -0.454 e. The SMILES string of the molecule is Cc1ccc(NC(=O)COC(=O)C(NS(=O)(=O)c2ccc(Cl)c(Cl)c2)C(C)O)cc1. The number of aryl methyl sites for hydroxylation is 1. The molecule has 0 aliphatic carbocycles. The summed E-state index contributed by atoms with van der Waals surface area (Å²) in [6.45, 7) is 2.43. The van der Waals surface area contributed by atoms with Crippen molar-refractivity contribution >= 4 is 50.8 Å². The number of carbonyl (C=O) groups is 2. The molecule has 3 N–H and O–H groups in total. The van der Waals surface area contributed by atoms with Gasteiger partial charge in [0.1, 0.15) is 6.04 Å². The van der Waals surface area contributed by atoms with Crippen molar-refractivity contribution in [1.29, 1.82) is 0 Å². The Morgan fingerprint density at radius 1 is 1.10 bits per heavy atom. The number of esters is 1. The van der Waals surface area contributed by atoms with Crippen molar-refractivity contribution in [3.63, 3.8) is 0 Å². The minimum atomic E-state index is -4.23. The number of rotatable bonds is 8. The number of ether oxygens (including phenoxy) is 1. The lowest BCUT2D eigenvalue weighted by molar-refractivity contribution is -0.151. The zero-order valence-electron chi connectivity index (χ0n) is 16.1. The average Bonchev–Trinajstić information content (AvgIpc) is 2.68. The fourth-order valence-electron chi connectivity index (χ4n) is 2.28. The molecule has 2 rings (SSSR count). The van der Waals surface area contributed by atoms with Gasteiger partial charge in [-0.2, -0.15) is 4.72 Å². The largest absolute Gasteiger partial charge is 0.454 e. The second-order valence-corrected chi connectivity index (χ2v) is 8.97. The molecule has 162 valence electrons. The Morgan fingerprint density at radius 2 is 1.73 bits per heavy atom. The number of anilines is 1. The summed E-state index contributed by atoms with van der Waals surface area (Å²) in [6.07, 6.45) is -1.43. The fraction of sp³-hybridized carbons (Fsp3) is 0.263. The maximum atomic E-state index is 12.5. The summed E-state index contributed by atoms with van der Waals surface area (Å²) in [6, 6.07) is 8.88. The second-order valence-electron chi connectivity index (χ2n) is 6.44. The highest BCUT2D eigenvalue weighted by molar-refractivity contribution is 7.89. The van der Waals surface area contributed by atoms with E-state index in [0.717, 1.165) is 11.6 Å². The van der Waals surface area contributed by atoms with Crippen LogP contribution in [0.1, 0.15) is 12.5 Å². The molecule has 30 heavy (non-hydrogen) atoms. The second kappa shape index (κ2) is 10.2. The number of aliphatic hydroxyl groups is 1. The zero-order chi connectivity index (χ0) is 22.5. The van der Waals surface area contributed by atoms with Crippen molar-refractivity contribution in [3.05, 3.63) is 58.1 Å². The third-order valence-electron chi connectivity index (χ3n) is 3.90. The highest BCUT2D eigenvalue weighted by Gasteiger charge is 2.31. The lowest BCUT2D eigenvalue weighted by Gasteiger charge is -2.20. The third-order valence-corrected chi connectivity index (χ3v) is 6.08. The van der Waals surface area contributed by atoms with Crippen LogP contribution in [-0.2, 0) is 24.3 Å². The molecule has 0 saturated heterocycles. The maximum Gasteiger partial charge on any atom is 0.327 e. The number of nitrogens with one attached hydrogen (secondary N) is 2. The molecule has 0 fully saturated rings. The van der Waals surface area contributed by atoms with E-state index in [1.54, 1.807) is 24.3 Å². The van der Waals surface area contributed by atoms with Crippen molar-refractivity contribution in [2.45, 2.75) is 30.9 Å². The van der Waals surface area contributed by atoms with Gasteiger partial charge in [0, 0.05) is 5.69 Å². The number of aliphatic hydroxyl groups excluding tert-OH is 1. The van der Waals surface area contributed by atoms with Gasteiger partial charge in [-0.15, -0.1) is 0 Å². The van der Waals surface area contributed by atoms with E-state index in [9.17, 15) is 23.1 Å². The number of halogens is 2. The van der Waals surface area contributed by atoms with Crippen molar-refractivity contribution in [2.75, 3.05) is 11.9 Å². The van der Waals surface area contributed by atoms with Gasteiger partial charge in [0.05, 0.1) is 21.0 Å². The molecule has 0 aliphatic rings. The van der Waals surface area contributed by atoms with Crippen LogP contribution >= 0.6 is 23.2 Å². The van der Waals surface area contributed by atoms with Gasteiger partial charge in [-0.1, -0.05) is 40.9 Å². The van der Waals surface area contributed by atoms with Crippen LogP contribution in [0, 0.1) is 6.92 Å². The van der Waals surface area contributed by atoms with Crippen molar-refractivity contribution in [2.24, 2.45) is 0 Å². The van der Waals surface area contributed by atoms with Gasteiger partial charge in [0.15, 0.2) is 6.61 Å². The monoisotopic (exact) mass is 474 g/mol. The smallest absolute Gasteiger partial charge is 0.327 e. The van der Waals surface area contributed by atoms with E-state index in [0.29, 0.717) is 5.69 Å². The molecule has 11 heteroatoms. The Hall–Kier alpha value is -2.17. The van der Waals surface area contributed by atoms with Gasteiger partial charge in [-0.25, -0.2) is 8.42 Å². The highest BCUT2D eigenvalue weighted by Crippen LogP contribution is 2.25. The van der Waals surface area contributed by atoms with Crippen LogP contribution in [0.15, 0.2) is 47.4 Å². The highest BCUT2D eigenvalue weighted by atomic mass is 35.5. The molecule has 0 spiro atoms. The summed E-state index contributed by atoms with van der Waals surface area (Å²) in [7, 11) is -4.23. The summed E-state index contributed by atoms with van der Waals surface area (Å²) in [4.78, 5) is 24.0. The fourth-order valence-corrected chi connectivity index (χ4v) is 3.93. The quantitative estimate of drug-likeness (QED) is 0.505. The molecule has 2 aromatic carbocycles. The van der Waals surface area contributed by atoms with E-state index < -0.39 is 40.7 Å². The Balaban J connectivity index is 2.02. The normalized spacial score (nSPS) is 13.4. The van der Waals surface area contributed by atoms with Crippen LogP contribution in [0.5, 0.6) is 0 Å². The number of amides is 1. The molecular weight excluding hydrogens is 455 g/mol. The van der Waals surface area contributed by atoms with Crippen LogP contribution in [-0.4, -0.2) is 44.2 Å². The van der Waals surface area contributed by atoms with Gasteiger partial charge >= 0.3 is 5.97 Å². The Labute approximate surface area is 184 Å². The van der Waals surface area contributed by atoms with E-state index in [1.807, 2.05) is 11.6 Å². The van der Waals surface area contributed by atoms with Gasteiger partial charge in [0.2, 0.25) is 10.0 Å². The summed E-state index contributed by atoms with van der Waals surface area (Å²) >= 11 is 11.6. The summed E-state index contributed by atoms with van der Waals surface area (Å²) in [5.74, 6) is -1.74. The first-order chi connectivity index (χ1) is 14.0. The molecule has 0 bridgehead atoms. The Bertz CT molecular complexity index is 1030. The predicted octanol–water partition coefficient (Wildman–Crippen LogP) is 2.51. The van der Waals surface area contributed by atoms with Crippen LogP contribution in [0.4, 0.5) is 5.69 Å². The number of carbonyl (C=O) groups excluding carboxylic acids is 2.